The minimum Gasteiger partial charge on any atom is -0.368 e. The first-order valence-corrected chi connectivity index (χ1v) is 7.27. The molecule has 0 bridgehead atoms. The molecule has 3 N–H and O–H groups in total. The van der Waals surface area contributed by atoms with Gasteiger partial charge in [-0.3, -0.25) is 4.79 Å². The van der Waals surface area contributed by atoms with Crippen LogP contribution in [0.3, 0.4) is 0 Å². The molecule has 0 aromatic heterocycles. The number of carbonyl (C=O) groups excluding carboxylic acids is 1. The van der Waals surface area contributed by atoms with Crippen LogP contribution in [0.15, 0.2) is 0 Å². The maximum absolute atomic E-state index is 11.7. The van der Waals surface area contributed by atoms with Crippen LogP contribution >= 0.6 is 0 Å². The number of amides is 1. The standard InChI is InChI=1S/C15H33N3O/c1-8-9-17-15(6,13(16)19)10-12(2)18(7)11-14(3,4)5/h12,17H,8-11H2,1-7H3,(H2,16,19). The maximum atomic E-state index is 11.7. The van der Waals surface area contributed by atoms with E-state index >= 15 is 0 Å². The van der Waals surface area contributed by atoms with Crippen molar-refractivity contribution >= 4 is 5.91 Å². The van der Waals surface area contributed by atoms with Gasteiger partial charge >= 0.3 is 0 Å². The first kappa shape index (κ1) is 18.4. The summed E-state index contributed by atoms with van der Waals surface area (Å²) in [6.45, 7) is 14.6. The lowest BCUT2D eigenvalue weighted by Crippen LogP contribution is -2.56. The molecule has 0 aliphatic heterocycles. The van der Waals surface area contributed by atoms with Crippen LogP contribution in [0.1, 0.15) is 54.4 Å². The lowest BCUT2D eigenvalue weighted by molar-refractivity contribution is -0.124. The monoisotopic (exact) mass is 271 g/mol. The van der Waals surface area contributed by atoms with Crippen molar-refractivity contribution in [1.82, 2.24) is 10.2 Å². The summed E-state index contributed by atoms with van der Waals surface area (Å²) >= 11 is 0. The van der Waals surface area contributed by atoms with Gasteiger partial charge in [-0.2, -0.15) is 0 Å². The predicted molar refractivity (Wildman–Crippen MR) is 82.1 cm³/mol. The van der Waals surface area contributed by atoms with Crippen molar-refractivity contribution in [2.24, 2.45) is 11.1 Å². The summed E-state index contributed by atoms with van der Waals surface area (Å²) in [7, 11) is 2.11. The Bertz CT molecular complexity index is 286. The molecule has 0 aromatic rings. The van der Waals surface area contributed by atoms with Gasteiger partial charge in [0.2, 0.25) is 5.91 Å². The summed E-state index contributed by atoms with van der Waals surface area (Å²) in [5.74, 6) is -0.267. The summed E-state index contributed by atoms with van der Waals surface area (Å²) < 4.78 is 0. The zero-order valence-electron chi connectivity index (χ0n) is 13.8. The third kappa shape index (κ3) is 6.92. The fraction of sp³-hybridized carbons (Fsp3) is 0.933. The van der Waals surface area contributed by atoms with Crippen LogP contribution in [-0.4, -0.2) is 42.5 Å². The third-order valence-corrected chi connectivity index (χ3v) is 3.49. The number of rotatable bonds is 8. The highest BCUT2D eigenvalue weighted by molar-refractivity contribution is 5.84. The van der Waals surface area contributed by atoms with Crippen molar-refractivity contribution in [2.75, 3.05) is 20.1 Å². The van der Waals surface area contributed by atoms with Crippen LogP contribution in [0.5, 0.6) is 0 Å². The molecular weight excluding hydrogens is 238 g/mol. The summed E-state index contributed by atoms with van der Waals surface area (Å²) in [6, 6.07) is 0.307. The zero-order chi connectivity index (χ0) is 15.3. The van der Waals surface area contributed by atoms with Crippen LogP contribution in [0.4, 0.5) is 0 Å². The molecular formula is C15H33N3O. The highest BCUT2D eigenvalue weighted by atomic mass is 16.1. The maximum Gasteiger partial charge on any atom is 0.237 e. The smallest absolute Gasteiger partial charge is 0.237 e. The Morgan fingerprint density at radius 1 is 1.32 bits per heavy atom. The molecule has 0 radical (unpaired) electrons. The summed E-state index contributed by atoms with van der Waals surface area (Å²) in [6.07, 6.45) is 1.73. The number of hydrogen-bond donors (Lipinski definition) is 2. The molecule has 2 unspecified atom stereocenters. The fourth-order valence-electron chi connectivity index (χ4n) is 2.31. The Balaban J connectivity index is 4.63. The van der Waals surface area contributed by atoms with E-state index in [4.69, 9.17) is 5.73 Å². The lowest BCUT2D eigenvalue weighted by Gasteiger charge is -2.36. The van der Waals surface area contributed by atoms with Crippen molar-refractivity contribution in [3.63, 3.8) is 0 Å². The van der Waals surface area contributed by atoms with Gasteiger partial charge in [0.15, 0.2) is 0 Å². The first-order valence-electron chi connectivity index (χ1n) is 7.27. The Kier molecular flexibility index (Phi) is 7.01. The summed E-state index contributed by atoms with van der Waals surface area (Å²) in [5, 5.41) is 3.29. The molecule has 0 aromatic carbocycles. The SMILES string of the molecule is CCCNC(C)(CC(C)N(C)CC(C)(C)C)C(N)=O. The van der Waals surface area contributed by atoms with Crippen LogP contribution in [-0.2, 0) is 4.79 Å². The highest BCUT2D eigenvalue weighted by Gasteiger charge is 2.33. The molecule has 4 heteroatoms. The fourth-order valence-corrected chi connectivity index (χ4v) is 2.31. The Hall–Kier alpha value is -0.610. The van der Waals surface area contributed by atoms with E-state index in [2.05, 4.69) is 51.9 Å². The zero-order valence-corrected chi connectivity index (χ0v) is 13.8. The lowest BCUT2D eigenvalue weighted by atomic mass is 9.90. The topological polar surface area (TPSA) is 58.4 Å². The minimum atomic E-state index is -0.623. The van der Waals surface area contributed by atoms with Crippen molar-refractivity contribution < 1.29 is 4.79 Å². The third-order valence-electron chi connectivity index (χ3n) is 3.49. The molecule has 0 aliphatic carbocycles. The molecule has 0 spiro atoms. The second-order valence-corrected chi connectivity index (χ2v) is 7.15. The van der Waals surface area contributed by atoms with Crippen molar-refractivity contribution in [3.8, 4) is 0 Å². The summed E-state index contributed by atoms with van der Waals surface area (Å²) in [5.41, 5.74) is 5.20. The second kappa shape index (κ2) is 7.25. The van der Waals surface area contributed by atoms with Gasteiger partial charge in [-0.15, -0.1) is 0 Å². The molecule has 0 saturated heterocycles. The van der Waals surface area contributed by atoms with E-state index in [0.29, 0.717) is 6.04 Å². The average molecular weight is 271 g/mol. The van der Waals surface area contributed by atoms with Crippen LogP contribution in [0, 0.1) is 5.41 Å². The largest absolute Gasteiger partial charge is 0.368 e. The molecule has 4 nitrogen and oxygen atoms in total. The van der Waals surface area contributed by atoms with Crippen LogP contribution in [0.2, 0.25) is 0 Å². The van der Waals surface area contributed by atoms with Gasteiger partial charge in [0.05, 0.1) is 5.54 Å². The Labute approximate surface area is 119 Å². The number of primary amides is 1. The van der Waals surface area contributed by atoms with E-state index in [9.17, 15) is 4.79 Å². The number of nitrogens with one attached hydrogen (secondary N) is 1. The molecule has 0 rings (SSSR count). The van der Waals surface area contributed by atoms with Gasteiger partial charge < -0.3 is 16.0 Å². The molecule has 1 amide bonds. The molecule has 0 fully saturated rings. The van der Waals surface area contributed by atoms with E-state index in [1.54, 1.807) is 0 Å². The van der Waals surface area contributed by atoms with Crippen molar-refractivity contribution in [2.45, 2.75) is 66.0 Å². The van der Waals surface area contributed by atoms with Gasteiger partial charge in [-0.05, 0) is 45.7 Å². The van der Waals surface area contributed by atoms with E-state index in [0.717, 1.165) is 25.9 Å². The molecule has 0 aliphatic rings. The highest BCUT2D eigenvalue weighted by Crippen LogP contribution is 2.20. The molecule has 114 valence electrons. The molecule has 19 heavy (non-hydrogen) atoms. The number of nitrogens with two attached hydrogens (primary N) is 1. The Morgan fingerprint density at radius 2 is 1.84 bits per heavy atom. The number of nitrogens with zero attached hydrogens (tertiary/aromatic N) is 1. The molecule has 0 saturated carbocycles. The second-order valence-electron chi connectivity index (χ2n) is 7.15. The average Bonchev–Trinajstić information content (AvgIpc) is 2.23. The molecule has 2 atom stereocenters. The van der Waals surface area contributed by atoms with Gasteiger partial charge in [-0.1, -0.05) is 27.7 Å². The quantitative estimate of drug-likeness (QED) is 0.710. The Morgan fingerprint density at radius 3 is 2.21 bits per heavy atom. The minimum absolute atomic E-state index is 0.253. The van der Waals surface area contributed by atoms with Gasteiger partial charge in [0.25, 0.3) is 0 Å². The van der Waals surface area contributed by atoms with Gasteiger partial charge in [0.1, 0.15) is 0 Å². The van der Waals surface area contributed by atoms with Crippen molar-refractivity contribution in [3.05, 3.63) is 0 Å². The predicted octanol–water partition coefficient (Wildman–Crippen LogP) is 1.99. The van der Waals surface area contributed by atoms with E-state index in [1.165, 1.54) is 0 Å². The van der Waals surface area contributed by atoms with E-state index < -0.39 is 5.54 Å². The first-order chi connectivity index (χ1) is 8.52. The van der Waals surface area contributed by atoms with Crippen molar-refractivity contribution in [1.29, 1.82) is 0 Å². The number of hydrogen-bond acceptors (Lipinski definition) is 3. The summed E-state index contributed by atoms with van der Waals surface area (Å²) in [4.78, 5) is 14.0. The molecule has 0 heterocycles. The number of carbonyl (C=O) groups is 1. The van der Waals surface area contributed by atoms with E-state index in [1.807, 2.05) is 6.92 Å². The van der Waals surface area contributed by atoms with Crippen LogP contribution < -0.4 is 11.1 Å². The van der Waals surface area contributed by atoms with E-state index in [-0.39, 0.29) is 11.3 Å². The van der Waals surface area contributed by atoms with Gasteiger partial charge in [0, 0.05) is 12.6 Å². The van der Waals surface area contributed by atoms with Crippen LogP contribution in [0.25, 0.3) is 0 Å². The normalized spacial score (nSPS) is 17.3. The van der Waals surface area contributed by atoms with Gasteiger partial charge in [-0.25, -0.2) is 0 Å².